The zero-order valence-electron chi connectivity index (χ0n) is 17.8. The van der Waals surface area contributed by atoms with Gasteiger partial charge in [0.05, 0.1) is 31.8 Å². The van der Waals surface area contributed by atoms with Gasteiger partial charge in [0.25, 0.3) is 5.91 Å². The first-order valence-corrected chi connectivity index (χ1v) is 12.9. The fourth-order valence-corrected chi connectivity index (χ4v) is 7.38. The van der Waals surface area contributed by atoms with Crippen LogP contribution in [0, 0.1) is 0 Å². The van der Waals surface area contributed by atoms with E-state index in [0.29, 0.717) is 30.0 Å². The Hall–Kier alpha value is -2.72. The van der Waals surface area contributed by atoms with Gasteiger partial charge in [-0.25, -0.2) is 8.42 Å². The zero-order chi connectivity index (χ0) is 22.7. The minimum atomic E-state index is -2.96. The number of rotatable bonds is 7. The zero-order valence-corrected chi connectivity index (χ0v) is 19.5. The fraction of sp³-hybridized carbons (Fsp3) is 0.364. The molecule has 32 heavy (non-hydrogen) atoms. The second-order valence-corrected chi connectivity index (χ2v) is 11.0. The van der Waals surface area contributed by atoms with Crippen LogP contribution in [0.1, 0.15) is 15.9 Å². The molecule has 4 rings (SSSR count). The van der Waals surface area contributed by atoms with Crippen LogP contribution < -0.4 is 20.1 Å². The van der Waals surface area contributed by atoms with Crippen molar-refractivity contribution in [1.29, 1.82) is 0 Å². The summed E-state index contributed by atoms with van der Waals surface area (Å²) >= 11 is 1.47. The van der Waals surface area contributed by atoms with Crippen LogP contribution in [0.5, 0.6) is 11.5 Å². The maximum atomic E-state index is 12.4. The average Bonchev–Trinajstić information content (AvgIpc) is 3.26. The highest BCUT2D eigenvalue weighted by molar-refractivity contribution is 8.15. The van der Waals surface area contributed by atoms with Crippen LogP contribution in [0.4, 0.5) is 5.69 Å². The van der Waals surface area contributed by atoms with Crippen molar-refractivity contribution < 1.29 is 22.7 Å². The molecule has 0 bridgehead atoms. The van der Waals surface area contributed by atoms with E-state index in [-0.39, 0.29) is 28.7 Å². The molecule has 170 valence electrons. The second kappa shape index (κ2) is 9.41. The Bertz CT molecular complexity index is 1130. The van der Waals surface area contributed by atoms with Gasteiger partial charge in [-0.1, -0.05) is 17.8 Å². The third-order valence-corrected chi connectivity index (χ3v) is 8.51. The second-order valence-electron chi connectivity index (χ2n) is 7.63. The number of methoxy groups -OCH3 is 2. The Morgan fingerprint density at radius 3 is 2.53 bits per heavy atom. The number of aliphatic imine (C=N–C) groups is 1. The summed E-state index contributed by atoms with van der Waals surface area (Å²) in [5.74, 6) is 1.49. The number of benzene rings is 2. The lowest BCUT2D eigenvalue weighted by atomic mass is 10.1. The Kier molecular flexibility index (Phi) is 6.61. The molecule has 2 aliphatic rings. The normalized spacial score (nSPS) is 20.9. The maximum Gasteiger partial charge on any atom is 0.251 e. The summed E-state index contributed by atoms with van der Waals surface area (Å²) in [5.41, 5.74) is 2.41. The van der Waals surface area contributed by atoms with Gasteiger partial charge in [0.1, 0.15) is 0 Å². The van der Waals surface area contributed by atoms with Gasteiger partial charge in [-0.15, -0.1) is 0 Å². The summed E-state index contributed by atoms with van der Waals surface area (Å²) < 4.78 is 33.9. The molecule has 0 aliphatic carbocycles. The van der Waals surface area contributed by atoms with E-state index in [4.69, 9.17) is 9.47 Å². The number of amides is 1. The lowest BCUT2D eigenvalue weighted by Crippen LogP contribution is -2.25. The van der Waals surface area contributed by atoms with Crippen molar-refractivity contribution in [3.8, 4) is 11.5 Å². The lowest BCUT2D eigenvalue weighted by Gasteiger charge is -2.10. The molecule has 2 heterocycles. The van der Waals surface area contributed by atoms with Gasteiger partial charge in [0, 0.05) is 23.0 Å². The minimum Gasteiger partial charge on any atom is -0.493 e. The third kappa shape index (κ3) is 5.18. The van der Waals surface area contributed by atoms with Crippen molar-refractivity contribution in [2.24, 2.45) is 4.99 Å². The Labute approximate surface area is 191 Å². The monoisotopic (exact) mass is 475 g/mol. The summed E-state index contributed by atoms with van der Waals surface area (Å²) in [6.45, 7) is 0.494. The number of thioether (sulfide) groups is 1. The van der Waals surface area contributed by atoms with Crippen molar-refractivity contribution in [2.45, 2.75) is 17.7 Å². The van der Waals surface area contributed by atoms with Crippen LogP contribution in [-0.4, -0.2) is 63.1 Å². The van der Waals surface area contributed by atoms with Crippen LogP contribution in [0.3, 0.4) is 0 Å². The van der Waals surface area contributed by atoms with Crippen molar-refractivity contribution in [3.05, 3.63) is 53.6 Å². The van der Waals surface area contributed by atoms with Crippen LogP contribution in [0.2, 0.25) is 0 Å². The molecule has 10 heteroatoms. The van der Waals surface area contributed by atoms with Gasteiger partial charge in [0.15, 0.2) is 26.5 Å². The van der Waals surface area contributed by atoms with Gasteiger partial charge in [-0.3, -0.25) is 9.79 Å². The number of nitrogens with zero attached hydrogens (tertiary/aromatic N) is 1. The summed E-state index contributed by atoms with van der Waals surface area (Å²) in [6.07, 6.45) is 0.667. The molecule has 2 aromatic rings. The van der Waals surface area contributed by atoms with E-state index in [1.54, 1.807) is 26.4 Å². The molecule has 0 saturated carbocycles. The van der Waals surface area contributed by atoms with E-state index in [0.717, 1.165) is 16.4 Å². The molecule has 2 N–H and O–H groups in total. The first kappa shape index (κ1) is 22.5. The molecular formula is C22H25N3O5S2. The molecule has 2 aliphatic heterocycles. The van der Waals surface area contributed by atoms with Crippen LogP contribution in [-0.2, 0) is 16.3 Å². The average molecular weight is 476 g/mol. The van der Waals surface area contributed by atoms with E-state index < -0.39 is 9.84 Å². The fourth-order valence-electron chi connectivity index (χ4n) is 3.70. The number of anilines is 1. The number of carbonyl (C=O) groups is 1. The molecule has 0 radical (unpaired) electrons. The van der Waals surface area contributed by atoms with Crippen LogP contribution >= 0.6 is 11.8 Å². The summed E-state index contributed by atoms with van der Waals surface area (Å²) in [6, 6.07) is 12.7. The molecular weight excluding hydrogens is 450 g/mol. The molecule has 0 unspecified atom stereocenters. The van der Waals surface area contributed by atoms with E-state index in [2.05, 4.69) is 15.6 Å². The summed E-state index contributed by atoms with van der Waals surface area (Å²) in [7, 11) is 0.226. The highest BCUT2D eigenvalue weighted by Crippen LogP contribution is 2.34. The Morgan fingerprint density at radius 2 is 1.84 bits per heavy atom. The molecule has 8 nitrogen and oxygen atoms in total. The van der Waals surface area contributed by atoms with Crippen molar-refractivity contribution in [3.63, 3.8) is 0 Å². The van der Waals surface area contributed by atoms with Gasteiger partial charge < -0.3 is 20.1 Å². The van der Waals surface area contributed by atoms with E-state index >= 15 is 0 Å². The van der Waals surface area contributed by atoms with Crippen molar-refractivity contribution in [1.82, 2.24) is 5.32 Å². The number of nitrogens with one attached hydrogen (secondary N) is 2. The molecule has 1 amide bonds. The maximum absolute atomic E-state index is 12.4. The quantitative estimate of drug-likeness (QED) is 0.633. The van der Waals surface area contributed by atoms with E-state index in [1.165, 1.54) is 11.8 Å². The summed E-state index contributed by atoms with van der Waals surface area (Å²) in [5, 5.41) is 6.86. The Balaban J connectivity index is 1.27. The standard InChI is InChI=1S/C22H25N3O5S2/c1-29-18-8-3-14(11-19(18)30-2)9-10-23-21(26)15-4-6-16(7-5-15)24-22-25-17-12-32(27,28)13-20(17)31-22/h3-8,11,17,20H,9-10,12-13H2,1-2H3,(H,23,26)(H,24,25)/t17-,20+/m0/s1. The number of hydrogen-bond donors (Lipinski definition) is 2. The number of carbonyl (C=O) groups excluding carboxylic acids is 1. The van der Waals surface area contributed by atoms with Crippen molar-refractivity contribution >= 4 is 38.4 Å². The number of ether oxygens (including phenoxy) is 2. The molecule has 0 aromatic heterocycles. The topological polar surface area (TPSA) is 106 Å². The third-order valence-electron chi connectivity index (χ3n) is 5.36. The first-order valence-electron chi connectivity index (χ1n) is 10.2. The molecule has 1 fully saturated rings. The van der Waals surface area contributed by atoms with E-state index in [9.17, 15) is 13.2 Å². The highest BCUT2D eigenvalue weighted by Gasteiger charge is 2.42. The number of hydrogen-bond acceptors (Lipinski definition) is 8. The predicted molar refractivity (Wildman–Crippen MR) is 127 cm³/mol. The SMILES string of the molecule is COc1ccc(CCNC(=O)c2ccc(NC3=N[C@H]4CS(=O)(=O)C[C@H]4S3)cc2)cc1OC. The van der Waals surface area contributed by atoms with Crippen molar-refractivity contribution in [2.75, 3.05) is 37.6 Å². The van der Waals surface area contributed by atoms with Crippen LogP contribution in [0.15, 0.2) is 47.5 Å². The van der Waals surface area contributed by atoms with Gasteiger partial charge in [-0.2, -0.15) is 0 Å². The number of sulfone groups is 1. The molecule has 0 spiro atoms. The minimum absolute atomic E-state index is 0.00165. The summed E-state index contributed by atoms with van der Waals surface area (Å²) in [4.78, 5) is 16.9. The van der Waals surface area contributed by atoms with E-state index in [1.807, 2.05) is 30.3 Å². The van der Waals surface area contributed by atoms with Crippen LogP contribution in [0.25, 0.3) is 0 Å². The van der Waals surface area contributed by atoms with Gasteiger partial charge in [0.2, 0.25) is 0 Å². The van der Waals surface area contributed by atoms with Gasteiger partial charge in [-0.05, 0) is 48.4 Å². The first-order chi connectivity index (χ1) is 15.4. The number of fused-ring (bicyclic) bond motifs is 1. The number of amidine groups is 1. The Morgan fingerprint density at radius 1 is 1.09 bits per heavy atom. The molecule has 2 atom stereocenters. The smallest absolute Gasteiger partial charge is 0.251 e. The lowest BCUT2D eigenvalue weighted by molar-refractivity contribution is 0.0954. The predicted octanol–water partition coefficient (Wildman–Crippen LogP) is 2.36. The molecule has 1 saturated heterocycles. The van der Waals surface area contributed by atoms with Gasteiger partial charge >= 0.3 is 0 Å². The molecule has 2 aromatic carbocycles. The highest BCUT2D eigenvalue weighted by atomic mass is 32.2. The largest absolute Gasteiger partial charge is 0.493 e.